The molecule has 144 valence electrons. The highest BCUT2D eigenvalue weighted by Crippen LogP contribution is 2.21. The predicted octanol–water partition coefficient (Wildman–Crippen LogP) is 1.94. The number of hydrogen-bond donors (Lipinski definition) is 0. The number of hydrogen-bond acceptors (Lipinski definition) is 6. The fraction of sp³-hybridized carbons (Fsp3) is 0.300. The van der Waals surface area contributed by atoms with E-state index in [9.17, 15) is 4.79 Å². The smallest absolute Gasteiger partial charge is 0.257 e. The van der Waals surface area contributed by atoms with Gasteiger partial charge in [0.1, 0.15) is 17.9 Å². The zero-order valence-electron chi connectivity index (χ0n) is 15.9. The van der Waals surface area contributed by atoms with Crippen LogP contribution in [0.5, 0.6) is 5.75 Å². The number of piperazine rings is 1. The number of benzene rings is 1. The average Bonchev–Trinajstić information content (AvgIpc) is 3.20. The first-order valence-corrected chi connectivity index (χ1v) is 9.17. The molecule has 1 aliphatic rings. The lowest BCUT2D eigenvalue weighted by Crippen LogP contribution is -2.49. The van der Waals surface area contributed by atoms with Crippen LogP contribution in [0.4, 0.5) is 5.82 Å². The third-order valence-corrected chi connectivity index (χ3v) is 4.82. The molecule has 28 heavy (non-hydrogen) atoms. The van der Waals surface area contributed by atoms with E-state index in [2.05, 4.69) is 20.0 Å². The topological polar surface area (TPSA) is 76.4 Å². The number of carbonyl (C=O) groups is 1. The van der Waals surface area contributed by atoms with Crippen molar-refractivity contribution in [2.75, 3.05) is 38.2 Å². The van der Waals surface area contributed by atoms with E-state index >= 15 is 0 Å². The number of aryl methyl sites for hydroxylation is 1. The molecule has 0 aliphatic carbocycles. The highest BCUT2D eigenvalue weighted by Gasteiger charge is 2.25. The van der Waals surface area contributed by atoms with Gasteiger partial charge in [0.2, 0.25) is 0 Å². The van der Waals surface area contributed by atoms with Crippen molar-refractivity contribution >= 4 is 11.7 Å². The van der Waals surface area contributed by atoms with Gasteiger partial charge in [-0.15, -0.1) is 0 Å². The number of para-hydroxylation sites is 1. The Kier molecular flexibility index (Phi) is 4.92. The Morgan fingerprint density at radius 2 is 1.79 bits per heavy atom. The van der Waals surface area contributed by atoms with Crippen LogP contribution in [-0.4, -0.2) is 63.8 Å². The van der Waals surface area contributed by atoms with Crippen LogP contribution < -0.4 is 9.64 Å². The second-order valence-corrected chi connectivity index (χ2v) is 6.62. The third-order valence-electron chi connectivity index (χ3n) is 4.82. The van der Waals surface area contributed by atoms with Crippen LogP contribution in [0, 0.1) is 6.92 Å². The van der Waals surface area contributed by atoms with Crippen LogP contribution in [0.2, 0.25) is 0 Å². The van der Waals surface area contributed by atoms with Gasteiger partial charge in [0, 0.05) is 38.4 Å². The minimum Gasteiger partial charge on any atom is -0.496 e. The van der Waals surface area contributed by atoms with Crippen molar-refractivity contribution in [2.24, 2.45) is 0 Å². The lowest BCUT2D eigenvalue weighted by atomic mass is 10.1. The van der Waals surface area contributed by atoms with Crippen molar-refractivity contribution in [1.82, 2.24) is 24.6 Å². The zero-order valence-corrected chi connectivity index (χ0v) is 15.9. The summed E-state index contributed by atoms with van der Waals surface area (Å²) < 4.78 is 7.06. The van der Waals surface area contributed by atoms with Crippen LogP contribution in [0.15, 0.2) is 48.9 Å². The van der Waals surface area contributed by atoms with E-state index in [0.717, 1.165) is 17.3 Å². The average molecular weight is 378 g/mol. The molecule has 2 aromatic heterocycles. The molecule has 1 amide bonds. The number of amides is 1. The van der Waals surface area contributed by atoms with E-state index in [-0.39, 0.29) is 5.91 Å². The van der Waals surface area contributed by atoms with E-state index in [1.54, 1.807) is 24.2 Å². The summed E-state index contributed by atoms with van der Waals surface area (Å²) in [6, 6.07) is 11.2. The third kappa shape index (κ3) is 3.53. The van der Waals surface area contributed by atoms with Gasteiger partial charge in [-0.1, -0.05) is 12.1 Å². The lowest BCUT2D eigenvalue weighted by molar-refractivity contribution is 0.0743. The molecule has 0 unspecified atom stereocenters. The van der Waals surface area contributed by atoms with Gasteiger partial charge in [-0.2, -0.15) is 5.10 Å². The van der Waals surface area contributed by atoms with Crippen molar-refractivity contribution in [2.45, 2.75) is 6.92 Å². The van der Waals surface area contributed by atoms with Gasteiger partial charge in [-0.25, -0.2) is 14.6 Å². The molecule has 0 atom stereocenters. The number of nitrogens with zero attached hydrogens (tertiary/aromatic N) is 6. The maximum Gasteiger partial charge on any atom is 0.257 e. The predicted molar refractivity (Wildman–Crippen MR) is 105 cm³/mol. The Hall–Kier alpha value is -3.42. The van der Waals surface area contributed by atoms with Crippen LogP contribution in [-0.2, 0) is 0 Å². The first-order chi connectivity index (χ1) is 13.7. The summed E-state index contributed by atoms with van der Waals surface area (Å²) in [6.07, 6.45) is 3.43. The van der Waals surface area contributed by atoms with Crippen LogP contribution in [0.3, 0.4) is 0 Å². The molecule has 1 fully saturated rings. The summed E-state index contributed by atoms with van der Waals surface area (Å²) in [5.74, 6) is 2.16. The number of methoxy groups -OCH3 is 1. The Labute approximate surface area is 163 Å². The van der Waals surface area contributed by atoms with Crippen molar-refractivity contribution in [3.05, 3.63) is 60.2 Å². The molecule has 0 N–H and O–H groups in total. The molecule has 0 saturated carbocycles. The number of aromatic nitrogens is 4. The highest BCUT2D eigenvalue weighted by atomic mass is 16.5. The second kappa shape index (κ2) is 7.67. The maximum atomic E-state index is 12.9. The van der Waals surface area contributed by atoms with Crippen LogP contribution >= 0.6 is 0 Å². The van der Waals surface area contributed by atoms with Gasteiger partial charge >= 0.3 is 0 Å². The van der Waals surface area contributed by atoms with E-state index in [1.165, 1.54) is 0 Å². The summed E-state index contributed by atoms with van der Waals surface area (Å²) in [4.78, 5) is 25.6. The van der Waals surface area contributed by atoms with Crippen molar-refractivity contribution in [3.8, 4) is 11.6 Å². The molecule has 0 spiro atoms. The fourth-order valence-electron chi connectivity index (χ4n) is 3.31. The number of anilines is 1. The van der Waals surface area contributed by atoms with E-state index < -0.39 is 0 Å². The van der Waals surface area contributed by atoms with E-state index in [4.69, 9.17) is 4.74 Å². The Bertz CT molecular complexity index is 978. The zero-order chi connectivity index (χ0) is 19.5. The second-order valence-electron chi connectivity index (χ2n) is 6.62. The van der Waals surface area contributed by atoms with Crippen molar-refractivity contribution in [1.29, 1.82) is 0 Å². The normalized spacial score (nSPS) is 14.2. The van der Waals surface area contributed by atoms with E-state index in [0.29, 0.717) is 37.5 Å². The lowest BCUT2D eigenvalue weighted by Gasteiger charge is -2.35. The van der Waals surface area contributed by atoms with Crippen molar-refractivity contribution < 1.29 is 9.53 Å². The van der Waals surface area contributed by atoms with Crippen molar-refractivity contribution in [3.63, 3.8) is 0 Å². The fourth-order valence-corrected chi connectivity index (χ4v) is 3.31. The molecule has 3 aromatic rings. The Balaban J connectivity index is 1.45. The standard InChI is InChI=1S/C20H22N6O2/c1-15-7-8-26(23-15)19-13-18(21-14-22-19)24-9-11-25(12-10-24)20(27)16-5-3-4-6-17(16)28-2/h3-8,13-14H,9-12H2,1-2H3. The van der Waals surface area contributed by atoms with Crippen LogP contribution in [0.1, 0.15) is 16.1 Å². The van der Waals surface area contributed by atoms with Gasteiger partial charge in [-0.05, 0) is 25.1 Å². The molecule has 0 radical (unpaired) electrons. The molecule has 8 heteroatoms. The molecular weight excluding hydrogens is 356 g/mol. The Morgan fingerprint density at radius 3 is 2.50 bits per heavy atom. The SMILES string of the molecule is COc1ccccc1C(=O)N1CCN(c2cc(-n3ccc(C)n3)ncn2)CC1. The molecule has 1 aliphatic heterocycles. The van der Waals surface area contributed by atoms with Crippen LogP contribution in [0.25, 0.3) is 5.82 Å². The molecule has 4 rings (SSSR count). The molecule has 1 saturated heterocycles. The quantitative estimate of drug-likeness (QED) is 0.691. The largest absolute Gasteiger partial charge is 0.496 e. The maximum absolute atomic E-state index is 12.9. The van der Waals surface area contributed by atoms with Gasteiger partial charge in [0.25, 0.3) is 5.91 Å². The molecule has 8 nitrogen and oxygen atoms in total. The molecule has 1 aromatic carbocycles. The van der Waals surface area contributed by atoms with Gasteiger partial charge < -0.3 is 14.5 Å². The summed E-state index contributed by atoms with van der Waals surface area (Å²) in [5, 5.41) is 4.40. The highest BCUT2D eigenvalue weighted by molar-refractivity contribution is 5.97. The minimum absolute atomic E-state index is 0.00695. The first kappa shape index (κ1) is 18.0. The monoisotopic (exact) mass is 378 g/mol. The number of ether oxygens (including phenoxy) is 1. The Morgan fingerprint density at radius 1 is 1.04 bits per heavy atom. The number of carbonyl (C=O) groups excluding carboxylic acids is 1. The van der Waals surface area contributed by atoms with Gasteiger partial charge in [-0.3, -0.25) is 4.79 Å². The molecule has 3 heterocycles. The van der Waals surface area contributed by atoms with Gasteiger partial charge in [0.05, 0.1) is 18.4 Å². The molecular formula is C20H22N6O2. The van der Waals surface area contributed by atoms with Gasteiger partial charge in [0.15, 0.2) is 5.82 Å². The minimum atomic E-state index is -0.00695. The number of rotatable bonds is 4. The summed E-state index contributed by atoms with van der Waals surface area (Å²) in [5.41, 5.74) is 1.53. The van der Waals surface area contributed by atoms with E-state index in [1.807, 2.05) is 48.4 Å². The first-order valence-electron chi connectivity index (χ1n) is 9.17. The summed E-state index contributed by atoms with van der Waals surface area (Å²) >= 11 is 0. The summed E-state index contributed by atoms with van der Waals surface area (Å²) in [6.45, 7) is 4.59. The molecule has 0 bridgehead atoms. The summed E-state index contributed by atoms with van der Waals surface area (Å²) in [7, 11) is 1.58.